The molecule has 10 heteroatoms. The van der Waals surface area contributed by atoms with E-state index in [9.17, 15) is 19.2 Å². The standard InChI is InChI=1S/C29H22N6O4/c1-18(36)31-21-7-2-3-8-22(21)34-28(38)25-11-6-12-26(32-25)29(39)35-24-10-5-4-9-23(24)33-27(37)20-15-13-19(17-30)14-16-20/h2-16H,1H3,(H,31,36)(H,33,37)(H,34,38)(H,35,39). The van der Waals surface area contributed by atoms with Crippen LogP contribution in [0.3, 0.4) is 0 Å². The first-order valence-corrected chi connectivity index (χ1v) is 11.7. The van der Waals surface area contributed by atoms with Crippen molar-refractivity contribution in [2.45, 2.75) is 6.92 Å². The number of anilines is 4. The average Bonchev–Trinajstić information content (AvgIpc) is 2.95. The molecular weight excluding hydrogens is 496 g/mol. The summed E-state index contributed by atoms with van der Waals surface area (Å²) in [7, 11) is 0. The van der Waals surface area contributed by atoms with E-state index in [0.717, 1.165) is 0 Å². The monoisotopic (exact) mass is 518 g/mol. The second-order valence-corrected chi connectivity index (χ2v) is 8.23. The molecule has 1 heterocycles. The van der Waals surface area contributed by atoms with Crippen molar-refractivity contribution in [3.63, 3.8) is 0 Å². The van der Waals surface area contributed by atoms with Gasteiger partial charge in [-0.2, -0.15) is 5.26 Å². The SMILES string of the molecule is CC(=O)Nc1ccccc1NC(=O)c1cccc(C(=O)Nc2ccccc2NC(=O)c2ccc(C#N)cc2)n1. The van der Waals surface area contributed by atoms with Crippen LogP contribution < -0.4 is 21.3 Å². The number of para-hydroxylation sites is 4. The van der Waals surface area contributed by atoms with Gasteiger partial charge in [-0.1, -0.05) is 30.3 Å². The lowest BCUT2D eigenvalue weighted by Crippen LogP contribution is -2.20. The zero-order valence-electron chi connectivity index (χ0n) is 20.7. The van der Waals surface area contributed by atoms with Crippen LogP contribution in [0.1, 0.15) is 43.8 Å². The lowest BCUT2D eigenvalue weighted by molar-refractivity contribution is -0.114. The van der Waals surface area contributed by atoms with Crippen LogP contribution in [-0.2, 0) is 4.79 Å². The van der Waals surface area contributed by atoms with Crippen molar-refractivity contribution < 1.29 is 19.2 Å². The summed E-state index contributed by atoms with van der Waals surface area (Å²) < 4.78 is 0. The van der Waals surface area contributed by atoms with Gasteiger partial charge in [0.25, 0.3) is 17.7 Å². The van der Waals surface area contributed by atoms with Crippen molar-refractivity contribution in [2.75, 3.05) is 21.3 Å². The number of amides is 4. The largest absolute Gasteiger partial charge is 0.325 e. The van der Waals surface area contributed by atoms with E-state index in [-0.39, 0.29) is 17.3 Å². The number of pyridine rings is 1. The topological polar surface area (TPSA) is 153 Å². The summed E-state index contributed by atoms with van der Waals surface area (Å²) in [6.45, 7) is 1.36. The van der Waals surface area contributed by atoms with Crippen molar-refractivity contribution in [1.82, 2.24) is 4.98 Å². The quantitative estimate of drug-likeness (QED) is 0.279. The number of hydrogen-bond donors (Lipinski definition) is 4. The summed E-state index contributed by atoms with van der Waals surface area (Å²) in [5.41, 5.74) is 2.21. The first kappa shape index (κ1) is 26.2. The highest BCUT2D eigenvalue weighted by molar-refractivity contribution is 6.10. The number of nitrogens with zero attached hydrogens (tertiary/aromatic N) is 2. The number of hydrogen-bond acceptors (Lipinski definition) is 6. The number of carbonyl (C=O) groups excluding carboxylic acids is 4. The van der Waals surface area contributed by atoms with E-state index in [0.29, 0.717) is 33.9 Å². The van der Waals surface area contributed by atoms with E-state index in [1.807, 2.05) is 6.07 Å². The summed E-state index contributed by atoms with van der Waals surface area (Å²) in [6, 6.07) is 25.9. The molecule has 4 rings (SSSR count). The summed E-state index contributed by atoms with van der Waals surface area (Å²) in [5, 5.41) is 19.7. The van der Waals surface area contributed by atoms with Gasteiger partial charge in [-0.25, -0.2) is 4.98 Å². The molecule has 4 aromatic rings. The molecule has 0 radical (unpaired) electrons. The third-order valence-corrected chi connectivity index (χ3v) is 5.40. The van der Waals surface area contributed by atoms with E-state index in [1.165, 1.54) is 49.4 Å². The van der Waals surface area contributed by atoms with Gasteiger partial charge in [0.05, 0.1) is 34.4 Å². The fourth-order valence-electron chi connectivity index (χ4n) is 3.54. The van der Waals surface area contributed by atoms with Crippen LogP contribution in [0.2, 0.25) is 0 Å². The lowest BCUT2D eigenvalue weighted by Gasteiger charge is -2.13. The van der Waals surface area contributed by atoms with E-state index < -0.39 is 17.7 Å². The van der Waals surface area contributed by atoms with Gasteiger partial charge in [-0.3, -0.25) is 19.2 Å². The van der Waals surface area contributed by atoms with E-state index in [2.05, 4.69) is 26.3 Å². The highest BCUT2D eigenvalue weighted by atomic mass is 16.2. The predicted molar refractivity (Wildman–Crippen MR) is 146 cm³/mol. The van der Waals surface area contributed by atoms with Crippen molar-refractivity contribution in [3.8, 4) is 6.07 Å². The Kier molecular flexibility index (Phi) is 8.04. The van der Waals surface area contributed by atoms with Gasteiger partial charge in [0.1, 0.15) is 11.4 Å². The summed E-state index contributed by atoms with van der Waals surface area (Å²) in [4.78, 5) is 54.2. The average molecular weight is 519 g/mol. The molecule has 39 heavy (non-hydrogen) atoms. The maximum absolute atomic E-state index is 13.0. The Morgan fingerprint density at radius 1 is 0.590 bits per heavy atom. The number of carbonyl (C=O) groups is 4. The van der Waals surface area contributed by atoms with E-state index in [4.69, 9.17) is 5.26 Å². The molecule has 1 aromatic heterocycles. The smallest absolute Gasteiger partial charge is 0.274 e. The number of aromatic nitrogens is 1. The van der Waals surface area contributed by atoms with Crippen LogP contribution in [0, 0.1) is 11.3 Å². The van der Waals surface area contributed by atoms with Crippen LogP contribution >= 0.6 is 0 Å². The fraction of sp³-hybridized carbons (Fsp3) is 0.0345. The molecule has 0 saturated carbocycles. The Labute approximate surface area is 223 Å². The molecule has 0 bridgehead atoms. The van der Waals surface area contributed by atoms with Crippen LogP contribution in [0.15, 0.2) is 91.0 Å². The summed E-state index contributed by atoms with van der Waals surface area (Å²) >= 11 is 0. The molecule has 0 fully saturated rings. The Morgan fingerprint density at radius 3 is 1.46 bits per heavy atom. The lowest BCUT2D eigenvalue weighted by atomic mass is 10.1. The van der Waals surface area contributed by atoms with Crippen molar-refractivity contribution in [3.05, 3.63) is 114 Å². The molecule has 0 aliphatic rings. The van der Waals surface area contributed by atoms with Crippen molar-refractivity contribution in [2.24, 2.45) is 0 Å². The van der Waals surface area contributed by atoms with Crippen molar-refractivity contribution in [1.29, 1.82) is 5.26 Å². The molecule has 0 spiro atoms. The molecule has 4 amide bonds. The Hall–Kier alpha value is -5.82. The number of rotatable bonds is 7. The first-order valence-electron chi connectivity index (χ1n) is 11.7. The zero-order chi connectivity index (χ0) is 27.8. The highest BCUT2D eigenvalue weighted by Crippen LogP contribution is 2.23. The minimum atomic E-state index is -0.594. The fourth-order valence-corrected chi connectivity index (χ4v) is 3.54. The summed E-state index contributed by atoms with van der Waals surface area (Å²) in [6.07, 6.45) is 0. The van der Waals surface area contributed by atoms with Gasteiger partial charge in [-0.15, -0.1) is 0 Å². The van der Waals surface area contributed by atoms with Gasteiger partial charge in [-0.05, 0) is 60.7 Å². The Morgan fingerprint density at radius 2 is 1.03 bits per heavy atom. The maximum atomic E-state index is 13.0. The molecule has 0 saturated heterocycles. The normalized spacial score (nSPS) is 10.1. The number of nitrogens with one attached hydrogen (secondary N) is 4. The number of nitriles is 1. The third-order valence-electron chi connectivity index (χ3n) is 5.40. The van der Waals surface area contributed by atoms with Crippen LogP contribution in [0.5, 0.6) is 0 Å². The molecule has 0 aliphatic heterocycles. The second kappa shape index (κ2) is 11.9. The van der Waals surface area contributed by atoms with Gasteiger partial charge >= 0.3 is 0 Å². The van der Waals surface area contributed by atoms with Gasteiger partial charge in [0.15, 0.2) is 0 Å². The van der Waals surface area contributed by atoms with E-state index in [1.54, 1.807) is 48.5 Å². The van der Waals surface area contributed by atoms with Crippen LogP contribution in [0.4, 0.5) is 22.7 Å². The zero-order valence-corrected chi connectivity index (χ0v) is 20.7. The molecule has 0 unspecified atom stereocenters. The maximum Gasteiger partial charge on any atom is 0.274 e. The van der Waals surface area contributed by atoms with Gasteiger partial charge in [0.2, 0.25) is 5.91 Å². The minimum Gasteiger partial charge on any atom is -0.325 e. The van der Waals surface area contributed by atoms with Crippen molar-refractivity contribution >= 4 is 46.4 Å². The minimum absolute atomic E-state index is 0.0114. The molecule has 4 N–H and O–H groups in total. The molecule has 10 nitrogen and oxygen atoms in total. The van der Waals surface area contributed by atoms with Gasteiger partial charge < -0.3 is 21.3 Å². The third kappa shape index (κ3) is 6.69. The first-order chi connectivity index (χ1) is 18.8. The highest BCUT2D eigenvalue weighted by Gasteiger charge is 2.16. The molecular formula is C29H22N6O4. The predicted octanol–water partition coefficient (Wildman–Crippen LogP) is 4.67. The molecule has 0 aliphatic carbocycles. The molecule has 3 aromatic carbocycles. The second-order valence-electron chi connectivity index (χ2n) is 8.23. The molecule has 0 atom stereocenters. The Balaban J connectivity index is 1.48. The summed E-state index contributed by atoms with van der Waals surface area (Å²) in [5.74, 6) is -1.87. The van der Waals surface area contributed by atoms with Crippen LogP contribution in [0.25, 0.3) is 0 Å². The number of benzene rings is 3. The van der Waals surface area contributed by atoms with E-state index >= 15 is 0 Å². The van der Waals surface area contributed by atoms with Crippen LogP contribution in [-0.4, -0.2) is 28.6 Å². The Bertz CT molecular complexity index is 1610. The molecule has 192 valence electrons. The van der Waals surface area contributed by atoms with Gasteiger partial charge in [0, 0.05) is 12.5 Å².